The van der Waals surface area contributed by atoms with Gasteiger partial charge in [-0.3, -0.25) is 9.69 Å². The van der Waals surface area contributed by atoms with Crippen molar-refractivity contribution in [2.75, 3.05) is 13.1 Å². The van der Waals surface area contributed by atoms with Crippen LogP contribution in [0.5, 0.6) is 0 Å². The summed E-state index contributed by atoms with van der Waals surface area (Å²) in [4.78, 5) is 13.6. The third-order valence-electron chi connectivity index (χ3n) is 3.79. The highest BCUT2D eigenvalue weighted by atomic mass is 16.5. The number of aromatic nitrogens is 1. The zero-order valence-electron chi connectivity index (χ0n) is 12.0. The Bertz CT molecular complexity index is 610. The predicted octanol–water partition coefficient (Wildman–Crippen LogP) is 2.52. The van der Waals surface area contributed by atoms with E-state index in [1.165, 1.54) is 0 Å². The highest BCUT2D eigenvalue weighted by Crippen LogP contribution is 2.21. The van der Waals surface area contributed by atoms with Gasteiger partial charge < -0.3 is 9.30 Å². The molecule has 1 saturated heterocycles. The van der Waals surface area contributed by atoms with Gasteiger partial charge in [0.05, 0.1) is 18.9 Å². The van der Waals surface area contributed by atoms with Crippen LogP contribution in [-0.4, -0.2) is 41.1 Å². The smallest absolute Gasteiger partial charge is 0.152 e. The third kappa shape index (κ3) is 2.49. The molecule has 2 atom stereocenters. The molecule has 4 nitrogen and oxygen atoms in total. The average Bonchev–Trinajstić information content (AvgIpc) is 2.76. The largest absolute Gasteiger partial charge is 0.373 e. The van der Waals surface area contributed by atoms with E-state index in [9.17, 15) is 4.79 Å². The molecule has 0 bridgehead atoms. The van der Waals surface area contributed by atoms with Crippen molar-refractivity contribution in [1.29, 1.82) is 0 Å². The van der Waals surface area contributed by atoms with Crippen molar-refractivity contribution < 1.29 is 9.53 Å². The monoisotopic (exact) mass is 272 g/mol. The maximum Gasteiger partial charge on any atom is 0.152 e. The Kier molecular flexibility index (Phi) is 3.59. The van der Waals surface area contributed by atoms with Crippen LogP contribution in [0, 0.1) is 0 Å². The van der Waals surface area contributed by atoms with Gasteiger partial charge in [-0.15, -0.1) is 0 Å². The molecule has 1 aliphatic rings. The van der Waals surface area contributed by atoms with Gasteiger partial charge in [-0.25, -0.2) is 0 Å². The lowest BCUT2D eigenvalue weighted by Crippen LogP contribution is -2.45. The number of para-hydroxylation sites is 1. The summed E-state index contributed by atoms with van der Waals surface area (Å²) in [6, 6.07) is 8.05. The number of aldehydes is 1. The quantitative estimate of drug-likeness (QED) is 0.805. The summed E-state index contributed by atoms with van der Waals surface area (Å²) in [6.07, 6.45) is 3.39. The van der Waals surface area contributed by atoms with Crippen molar-refractivity contribution in [3.63, 3.8) is 0 Å². The molecule has 1 aromatic heterocycles. The molecule has 20 heavy (non-hydrogen) atoms. The molecule has 1 aromatic carbocycles. The number of benzene rings is 1. The second kappa shape index (κ2) is 5.38. The fourth-order valence-electron chi connectivity index (χ4n) is 3.10. The standard InChI is InChI=1S/C16H20N2O2/c1-12-7-17(8-13(2)20-12)11-18-9-14(10-19)15-5-3-4-6-16(15)18/h3-6,9-10,12-13H,7-8,11H2,1-2H3. The molecular formula is C16H20N2O2. The lowest BCUT2D eigenvalue weighted by atomic mass is 10.2. The van der Waals surface area contributed by atoms with Crippen LogP contribution in [0.2, 0.25) is 0 Å². The van der Waals surface area contributed by atoms with Gasteiger partial charge in [-0.1, -0.05) is 18.2 Å². The molecule has 0 N–H and O–H groups in total. The van der Waals surface area contributed by atoms with Crippen LogP contribution >= 0.6 is 0 Å². The van der Waals surface area contributed by atoms with Gasteiger partial charge in [0.15, 0.2) is 6.29 Å². The Hall–Kier alpha value is -1.65. The molecule has 0 radical (unpaired) electrons. The van der Waals surface area contributed by atoms with Crippen LogP contribution in [0.3, 0.4) is 0 Å². The summed E-state index contributed by atoms with van der Waals surface area (Å²) in [5.74, 6) is 0. The molecule has 1 aliphatic heterocycles. The normalized spacial score (nSPS) is 24.1. The third-order valence-corrected chi connectivity index (χ3v) is 3.79. The van der Waals surface area contributed by atoms with Gasteiger partial charge in [0.25, 0.3) is 0 Å². The van der Waals surface area contributed by atoms with Crippen molar-refractivity contribution in [2.45, 2.75) is 32.7 Å². The molecule has 0 amide bonds. The van der Waals surface area contributed by atoms with E-state index in [2.05, 4.69) is 29.4 Å². The Morgan fingerprint density at radius 1 is 1.25 bits per heavy atom. The predicted molar refractivity (Wildman–Crippen MR) is 78.9 cm³/mol. The van der Waals surface area contributed by atoms with Crippen LogP contribution in [0.15, 0.2) is 30.5 Å². The number of nitrogens with zero attached hydrogens (tertiary/aromatic N) is 2. The second-order valence-corrected chi connectivity index (χ2v) is 5.62. The zero-order valence-corrected chi connectivity index (χ0v) is 12.0. The molecule has 106 valence electrons. The van der Waals surface area contributed by atoms with Crippen LogP contribution in [0.4, 0.5) is 0 Å². The summed E-state index contributed by atoms with van der Waals surface area (Å²) in [5, 5.41) is 1.02. The average molecular weight is 272 g/mol. The summed E-state index contributed by atoms with van der Waals surface area (Å²) < 4.78 is 7.92. The number of hydrogen-bond acceptors (Lipinski definition) is 3. The molecule has 2 aromatic rings. The minimum Gasteiger partial charge on any atom is -0.373 e. The molecule has 1 fully saturated rings. The van der Waals surface area contributed by atoms with Crippen molar-refractivity contribution in [3.8, 4) is 0 Å². The second-order valence-electron chi connectivity index (χ2n) is 5.62. The molecule has 0 aliphatic carbocycles. The first-order chi connectivity index (χ1) is 9.67. The number of hydrogen-bond donors (Lipinski definition) is 0. The zero-order chi connectivity index (χ0) is 14.1. The molecule has 2 unspecified atom stereocenters. The van der Waals surface area contributed by atoms with Gasteiger partial charge in [-0.2, -0.15) is 0 Å². The highest BCUT2D eigenvalue weighted by molar-refractivity contribution is 5.97. The maximum atomic E-state index is 11.2. The molecule has 2 heterocycles. The number of carbonyl (C=O) groups excluding carboxylic acids is 1. The molecule has 4 heteroatoms. The number of fused-ring (bicyclic) bond motifs is 1. The van der Waals surface area contributed by atoms with E-state index < -0.39 is 0 Å². The minimum absolute atomic E-state index is 0.256. The van der Waals surface area contributed by atoms with Gasteiger partial charge in [0.1, 0.15) is 0 Å². The lowest BCUT2D eigenvalue weighted by Gasteiger charge is -2.35. The van der Waals surface area contributed by atoms with Crippen LogP contribution < -0.4 is 0 Å². The van der Waals surface area contributed by atoms with Gasteiger partial charge in [-0.05, 0) is 19.9 Å². The van der Waals surface area contributed by atoms with Crippen LogP contribution in [-0.2, 0) is 11.4 Å². The Labute approximate surface area is 118 Å². The number of morpholine rings is 1. The lowest BCUT2D eigenvalue weighted by molar-refractivity contribution is -0.0761. The first-order valence-electron chi connectivity index (χ1n) is 7.08. The maximum absolute atomic E-state index is 11.2. The van der Waals surface area contributed by atoms with Crippen molar-refractivity contribution in [2.24, 2.45) is 0 Å². The van der Waals surface area contributed by atoms with Crippen molar-refractivity contribution in [1.82, 2.24) is 9.47 Å². The van der Waals surface area contributed by atoms with E-state index in [1.54, 1.807) is 0 Å². The van der Waals surface area contributed by atoms with E-state index in [1.807, 2.05) is 24.4 Å². The highest BCUT2D eigenvalue weighted by Gasteiger charge is 2.22. The summed E-state index contributed by atoms with van der Waals surface area (Å²) in [6.45, 7) is 6.85. The number of carbonyl (C=O) groups is 1. The van der Waals surface area contributed by atoms with E-state index in [0.29, 0.717) is 0 Å². The number of ether oxygens (including phenoxy) is 1. The topological polar surface area (TPSA) is 34.5 Å². The first-order valence-corrected chi connectivity index (χ1v) is 7.08. The fourth-order valence-corrected chi connectivity index (χ4v) is 3.10. The minimum atomic E-state index is 0.256. The van der Waals surface area contributed by atoms with E-state index in [-0.39, 0.29) is 12.2 Å². The first kappa shape index (κ1) is 13.3. The van der Waals surface area contributed by atoms with E-state index >= 15 is 0 Å². The molecule has 0 spiro atoms. The molecule has 3 rings (SSSR count). The summed E-state index contributed by atoms with van der Waals surface area (Å²) >= 11 is 0. The Morgan fingerprint density at radius 2 is 1.95 bits per heavy atom. The Morgan fingerprint density at radius 3 is 2.65 bits per heavy atom. The van der Waals surface area contributed by atoms with Gasteiger partial charge in [0, 0.05) is 35.8 Å². The molecule has 0 saturated carbocycles. The van der Waals surface area contributed by atoms with Gasteiger partial charge >= 0.3 is 0 Å². The van der Waals surface area contributed by atoms with E-state index in [0.717, 1.165) is 42.5 Å². The SMILES string of the molecule is CC1CN(Cn2cc(C=O)c3ccccc32)CC(C)O1. The van der Waals surface area contributed by atoms with Crippen LogP contribution in [0.1, 0.15) is 24.2 Å². The van der Waals surface area contributed by atoms with E-state index in [4.69, 9.17) is 4.74 Å². The van der Waals surface area contributed by atoms with Crippen molar-refractivity contribution in [3.05, 3.63) is 36.0 Å². The fraction of sp³-hybridized carbons (Fsp3) is 0.438. The van der Waals surface area contributed by atoms with Gasteiger partial charge in [0.2, 0.25) is 0 Å². The Balaban J connectivity index is 1.89. The summed E-state index contributed by atoms with van der Waals surface area (Å²) in [7, 11) is 0. The van der Waals surface area contributed by atoms with Crippen LogP contribution in [0.25, 0.3) is 10.9 Å². The molecular weight excluding hydrogens is 252 g/mol. The number of rotatable bonds is 3. The van der Waals surface area contributed by atoms with Crippen molar-refractivity contribution >= 4 is 17.2 Å². The summed E-state index contributed by atoms with van der Waals surface area (Å²) in [5.41, 5.74) is 1.87.